The number of hydrogen-bond acceptors (Lipinski definition) is 4. The molecule has 0 N–H and O–H groups in total. The van der Waals surface area contributed by atoms with Gasteiger partial charge in [-0.1, -0.05) is 147 Å². The minimum atomic E-state index is -0.558. The Hall–Kier alpha value is -6.13. The summed E-state index contributed by atoms with van der Waals surface area (Å²) in [7, 11) is 0. The van der Waals surface area contributed by atoms with Crippen LogP contribution in [0.2, 0.25) is 0 Å². The summed E-state index contributed by atoms with van der Waals surface area (Å²) in [5, 5.41) is 0. The topological polar surface area (TPSA) is 51.8 Å². The van der Waals surface area contributed by atoms with Crippen molar-refractivity contribution in [1.29, 1.82) is 0 Å². The lowest BCUT2D eigenvalue weighted by Crippen LogP contribution is -2.29. The highest BCUT2D eigenvalue weighted by Gasteiger charge is 2.46. The molecule has 0 atom stereocenters. The summed E-state index contributed by atoms with van der Waals surface area (Å²) in [6, 6.07) is 45.7. The second-order valence-corrected chi connectivity index (χ2v) is 11.3. The highest BCUT2D eigenvalue weighted by atomic mass is 16.3. The van der Waals surface area contributed by atoms with Crippen LogP contribution in [0.4, 0.5) is 0 Å². The first kappa shape index (κ1) is 27.4. The molecule has 0 saturated heterocycles. The minimum absolute atomic E-state index is 0.460. The van der Waals surface area contributed by atoms with Gasteiger partial charge >= 0.3 is 0 Å². The molecule has 0 bridgehead atoms. The summed E-state index contributed by atoms with van der Waals surface area (Å²) >= 11 is 0. The quantitative estimate of drug-likeness (QED) is 0.173. The van der Waals surface area contributed by atoms with Crippen molar-refractivity contribution in [1.82, 2.24) is 15.0 Å². The van der Waals surface area contributed by atoms with Crippen LogP contribution in [0.3, 0.4) is 0 Å². The summed E-state index contributed by atoms with van der Waals surface area (Å²) in [5.41, 5.74) is 11.3. The first-order valence-electron chi connectivity index (χ1n) is 15.3. The van der Waals surface area contributed by atoms with E-state index in [0.29, 0.717) is 17.4 Å². The molecule has 4 nitrogen and oxygen atoms in total. The standard InChI is InChI=1S/C42H29N3O/c1-3-14-30(4-2)42(34-19-10-8-17-32(34)33-18-9-11-20-35(33)42)31-25-23-29(24-26-31)40-43-37(28-15-6-5-7-16-28)27-38(44-40)41-45-36-21-12-13-22-39(36)46-41/h3-27H,1-2H2/b30-14+. The van der Waals surface area contributed by atoms with E-state index in [1.165, 1.54) is 22.3 Å². The Labute approximate surface area is 267 Å². The van der Waals surface area contributed by atoms with E-state index in [1.807, 2.05) is 72.8 Å². The van der Waals surface area contributed by atoms with Gasteiger partial charge in [0.2, 0.25) is 5.89 Å². The maximum absolute atomic E-state index is 6.14. The van der Waals surface area contributed by atoms with Gasteiger partial charge in [0.15, 0.2) is 11.4 Å². The molecule has 8 rings (SSSR count). The molecule has 0 spiro atoms. The van der Waals surface area contributed by atoms with Gasteiger partial charge in [-0.3, -0.25) is 0 Å². The van der Waals surface area contributed by atoms with E-state index in [1.54, 1.807) is 0 Å². The van der Waals surface area contributed by atoms with Gasteiger partial charge in [0.1, 0.15) is 11.2 Å². The molecule has 2 aromatic heterocycles. The maximum Gasteiger partial charge on any atom is 0.246 e. The number of allylic oxidation sites excluding steroid dienone is 4. The third-order valence-corrected chi connectivity index (χ3v) is 8.79. The van der Waals surface area contributed by atoms with E-state index in [2.05, 4.69) is 92.0 Å². The molecule has 0 amide bonds. The number of para-hydroxylation sites is 2. The summed E-state index contributed by atoms with van der Waals surface area (Å²) < 4.78 is 6.14. The number of rotatable bonds is 7. The molecule has 0 saturated carbocycles. The van der Waals surface area contributed by atoms with Crippen molar-refractivity contribution >= 4 is 11.1 Å². The van der Waals surface area contributed by atoms with Gasteiger partial charge < -0.3 is 4.42 Å². The smallest absolute Gasteiger partial charge is 0.246 e. The lowest BCUT2D eigenvalue weighted by molar-refractivity contribution is 0.616. The predicted molar refractivity (Wildman–Crippen MR) is 186 cm³/mol. The molecule has 218 valence electrons. The number of hydrogen-bond donors (Lipinski definition) is 0. The Morgan fingerprint density at radius 3 is 1.91 bits per heavy atom. The number of nitrogens with zero attached hydrogens (tertiary/aromatic N) is 3. The van der Waals surface area contributed by atoms with Crippen molar-refractivity contribution < 1.29 is 4.42 Å². The summed E-state index contributed by atoms with van der Waals surface area (Å²) in [6.45, 7) is 8.28. The monoisotopic (exact) mass is 591 g/mol. The Kier molecular flexibility index (Phi) is 6.62. The van der Waals surface area contributed by atoms with Crippen molar-refractivity contribution in [2.24, 2.45) is 0 Å². The third-order valence-electron chi connectivity index (χ3n) is 8.79. The average molecular weight is 592 g/mol. The van der Waals surface area contributed by atoms with E-state index in [9.17, 15) is 0 Å². The zero-order chi connectivity index (χ0) is 31.1. The molecule has 0 aliphatic heterocycles. The van der Waals surface area contributed by atoms with Crippen LogP contribution in [0, 0.1) is 0 Å². The molecule has 0 unspecified atom stereocenters. The molecule has 0 fully saturated rings. The van der Waals surface area contributed by atoms with Crippen molar-refractivity contribution in [2.45, 2.75) is 5.41 Å². The van der Waals surface area contributed by atoms with Gasteiger partial charge in [-0.25, -0.2) is 15.0 Å². The summed E-state index contributed by atoms with van der Waals surface area (Å²) in [5.74, 6) is 1.05. The molecule has 5 aromatic carbocycles. The van der Waals surface area contributed by atoms with Crippen molar-refractivity contribution in [3.05, 3.63) is 187 Å². The van der Waals surface area contributed by atoms with Crippen LogP contribution in [0.5, 0.6) is 0 Å². The van der Waals surface area contributed by atoms with Gasteiger partial charge in [-0.15, -0.1) is 0 Å². The lowest BCUT2D eigenvalue weighted by atomic mass is 9.67. The zero-order valence-electron chi connectivity index (χ0n) is 25.1. The SMILES string of the molecule is C=C/C=C(\C=C)C1(c2ccc(-c3nc(-c4ccccc4)cc(-c4nc5ccccc5o4)n3)cc2)c2ccccc2-c2ccccc21. The predicted octanol–water partition coefficient (Wildman–Crippen LogP) is 10.2. The zero-order valence-corrected chi connectivity index (χ0v) is 25.1. The van der Waals surface area contributed by atoms with Crippen LogP contribution < -0.4 is 0 Å². The van der Waals surface area contributed by atoms with Crippen molar-refractivity contribution in [3.63, 3.8) is 0 Å². The Balaban J connectivity index is 1.31. The van der Waals surface area contributed by atoms with Gasteiger partial charge in [0.25, 0.3) is 0 Å². The van der Waals surface area contributed by atoms with Gasteiger partial charge in [0.05, 0.1) is 11.1 Å². The van der Waals surface area contributed by atoms with Gasteiger partial charge in [0, 0.05) is 11.1 Å². The van der Waals surface area contributed by atoms with Crippen LogP contribution in [0.15, 0.2) is 175 Å². The van der Waals surface area contributed by atoms with Gasteiger partial charge in [-0.2, -0.15) is 0 Å². The second kappa shape index (κ2) is 11.1. The second-order valence-electron chi connectivity index (χ2n) is 11.3. The van der Waals surface area contributed by atoms with Crippen LogP contribution in [-0.4, -0.2) is 15.0 Å². The molecule has 7 aromatic rings. The molecule has 1 aliphatic carbocycles. The first-order valence-corrected chi connectivity index (χ1v) is 15.3. The molecule has 4 heteroatoms. The van der Waals surface area contributed by atoms with Crippen LogP contribution in [0.1, 0.15) is 16.7 Å². The van der Waals surface area contributed by atoms with Crippen molar-refractivity contribution in [3.8, 4) is 45.4 Å². The number of oxazole rings is 1. The Morgan fingerprint density at radius 1 is 0.609 bits per heavy atom. The molecule has 1 aliphatic rings. The third kappa shape index (κ3) is 4.26. The van der Waals surface area contributed by atoms with Crippen molar-refractivity contribution in [2.75, 3.05) is 0 Å². The highest BCUT2D eigenvalue weighted by Crippen LogP contribution is 2.56. The van der Waals surface area contributed by atoms with E-state index < -0.39 is 5.41 Å². The fraction of sp³-hybridized carbons (Fsp3) is 0.0238. The maximum atomic E-state index is 6.14. The molecule has 2 heterocycles. The molecular formula is C42H29N3O. The fourth-order valence-corrected chi connectivity index (χ4v) is 6.79. The average Bonchev–Trinajstić information content (AvgIpc) is 3.69. The highest BCUT2D eigenvalue weighted by molar-refractivity contribution is 5.87. The fourth-order valence-electron chi connectivity index (χ4n) is 6.79. The Morgan fingerprint density at radius 2 is 1.24 bits per heavy atom. The van der Waals surface area contributed by atoms with E-state index in [0.717, 1.165) is 39.1 Å². The van der Waals surface area contributed by atoms with Crippen LogP contribution in [-0.2, 0) is 5.41 Å². The summed E-state index contributed by atoms with van der Waals surface area (Å²) in [4.78, 5) is 14.7. The van der Waals surface area contributed by atoms with E-state index in [4.69, 9.17) is 19.4 Å². The van der Waals surface area contributed by atoms with Gasteiger partial charge in [-0.05, 0) is 51.6 Å². The minimum Gasteiger partial charge on any atom is -0.435 e. The normalized spacial score (nSPS) is 13.3. The molecule has 46 heavy (non-hydrogen) atoms. The van der Waals surface area contributed by atoms with Crippen LogP contribution >= 0.6 is 0 Å². The first-order chi connectivity index (χ1) is 22.7. The van der Waals surface area contributed by atoms with E-state index in [-0.39, 0.29) is 0 Å². The largest absolute Gasteiger partial charge is 0.435 e. The number of fused-ring (bicyclic) bond motifs is 4. The molecular weight excluding hydrogens is 562 g/mol. The number of aromatic nitrogens is 3. The summed E-state index contributed by atoms with van der Waals surface area (Å²) in [6.07, 6.45) is 5.86. The van der Waals surface area contributed by atoms with E-state index >= 15 is 0 Å². The number of benzene rings is 5. The molecule has 0 radical (unpaired) electrons. The lowest BCUT2D eigenvalue weighted by Gasteiger charge is -2.34. The van der Waals surface area contributed by atoms with Crippen LogP contribution in [0.25, 0.3) is 56.5 Å². The Bertz CT molecular complexity index is 2220.